The van der Waals surface area contributed by atoms with Gasteiger partial charge in [0.2, 0.25) is 0 Å². The Bertz CT molecular complexity index is 336. The number of unbranched alkanes of at least 4 members (excludes halogenated alkanes) is 7. The van der Waals surface area contributed by atoms with Crippen LogP contribution < -0.4 is 0 Å². The number of rotatable bonds is 10. The lowest BCUT2D eigenvalue weighted by atomic mass is 9.85. The van der Waals surface area contributed by atoms with Crippen molar-refractivity contribution in [2.75, 3.05) is 20.3 Å². The molecule has 2 aliphatic heterocycles. The number of methoxy groups -OCH3 is 1. The zero-order chi connectivity index (χ0) is 15.8. The van der Waals surface area contributed by atoms with Crippen LogP contribution in [0.3, 0.4) is 0 Å². The Morgan fingerprint density at radius 2 is 1.82 bits per heavy atom. The Kier molecular flexibility index (Phi) is 7.39. The molecular weight excluding hydrogens is 276 g/mol. The van der Waals surface area contributed by atoms with Gasteiger partial charge in [-0.3, -0.25) is 0 Å². The highest BCUT2D eigenvalue weighted by Gasteiger charge is 2.61. The number of hydrogen-bond acceptors (Lipinski definition) is 3. The zero-order valence-electron chi connectivity index (χ0n) is 14.7. The quantitative estimate of drug-likeness (QED) is 0.338. The Morgan fingerprint density at radius 1 is 1.14 bits per heavy atom. The molecule has 3 nitrogen and oxygen atoms in total. The fourth-order valence-electron chi connectivity index (χ4n) is 3.63. The van der Waals surface area contributed by atoms with Crippen molar-refractivity contribution in [2.45, 2.75) is 83.0 Å². The summed E-state index contributed by atoms with van der Waals surface area (Å²) in [7, 11) is 1.79. The SMILES string of the molecule is CCCCCCCCC/C=C/[C@@H]1OC[C@H](C)[C@H](OC)[C@@]12CO2. The maximum Gasteiger partial charge on any atom is 0.147 e. The predicted octanol–water partition coefficient (Wildman–Crippen LogP) is 4.50. The Labute approximate surface area is 136 Å². The third-order valence-corrected chi connectivity index (χ3v) is 5.04. The van der Waals surface area contributed by atoms with Gasteiger partial charge in [0.05, 0.1) is 19.3 Å². The Balaban J connectivity index is 1.64. The highest BCUT2D eigenvalue weighted by molar-refractivity contribution is 5.15. The smallest absolute Gasteiger partial charge is 0.147 e. The molecule has 4 atom stereocenters. The molecule has 2 saturated heterocycles. The molecule has 0 aromatic rings. The highest BCUT2D eigenvalue weighted by atomic mass is 16.7. The summed E-state index contributed by atoms with van der Waals surface area (Å²) in [6.07, 6.45) is 15.4. The lowest BCUT2D eigenvalue weighted by Crippen LogP contribution is -2.52. The minimum atomic E-state index is -0.205. The Hall–Kier alpha value is -0.380. The van der Waals surface area contributed by atoms with Gasteiger partial charge >= 0.3 is 0 Å². The maximum atomic E-state index is 5.98. The first-order chi connectivity index (χ1) is 10.7. The number of ether oxygens (including phenoxy) is 3. The van der Waals surface area contributed by atoms with E-state index >= 15 is 0 Å². The summed E-state index contributed by atoms with van der Waals surface area (Å²) in [4.78, 5) is 0. The van der Waals surface area contributed by atoms with E-state index in [9.17, 15) is 0 Å². The van der Waals surface area contributed by atoms with E-state index < -0.39 is 0 Å². The lowest BCUT2D eigenvalue weighted by molar-refractivity contribution is -0.131. The van der Waals surface area contributed by atoms with E-state index in [2.05, 4.69) is 26.0 Å². The molecule has 22 heavy (non-hydrogen) atoms. The predicted molar refractivity (Wildman–Crippen MR) is 90.1 cm³/mol. The van der Waals surface area contributed by atoms with Crippen molar-refractivity contribution < 1.29 is 14.2 Å². The van der Waals surface area contributed by atoms with Crippen LogP contribution in [0.2, 0.25) is 0 Å². The van der Waals surface area contributed by atoms with Crippen molar-refractivity contribution in [3.63, 3.8) is 0 Å². The van der Waals surface area contributed by atoms with E-state index in [-0.39, 0.29) is 17.8 Å². The molecule has 3 heteroatoms. The maximum absolute atomic E-state index is 5.98. The van der Waals surface area contributed by atoms with E-state index in [1.165, 1.54) is 44.9 Å². The van der Waals surface area contributed by atoms with Gasteiger partial charge in [0.25, 0.3) is 0 Å². The van der Waals surface area contributed by atoms with Crippen LogP contribution in [-0.4, -0.2) is 38.1 Å². The normalized spacial score (nSPS) is 34.6. The second kappa shape index (κ2) is 9.05. The second-order valence-corrected chi connectivity index (χ2v) is 6.97. The first-order valence-corrected chi connectivity index (χ1v) is 9.19. The van der Waals surface area contributed by atoms with Gasteiger partial charge in [-0.2, -0.15) is 0 Å². The first-order valence-electron chi connectivity index (χ1n) is 9.19. The summed E-state index contributed by atoms with van der Waals surface area (Å²) < 4.78 is 17.4. The number of hydrogen-bond donors (Lipinski definition) is 0. The molecule has 128 valence electrons. The summed E-state index contributed by atoms with van der Waals surface area (Å²) in [6.45, 7) is 5.97. The number of allylic oxidation sites excluding steroid dienone is 1. The van der Waals surface area contributed by atoms with Crippen molar-refractivity contribution in [3.05, 3.63) is 12.2 Å². The topological polar surface area (TPSA) is 31.0 Å². The minimum Gasteiger partial charge on any atom is -0.378 e. The van der Waals surface area contributed by atoms with E-state index in [1.807, 2.05) is 0 Å². The molecule has 0 aromatic heterocycles. The zero-order valence-corrected chi connectivity index (χ0v) is 14.7. The van der Waals surface area contributed by atoms with Gasteiger partial charge in [0.15, 0.2) is 0 Å². The molecule has 2 aliphatic rings. The van der Waals surface area contributed by atoms with Crippen molar-refractivity contribution in [2.24, 2.45) is 5.92 Å². The highest BCUT2D eigenvalue weighted by Crippen LogP contribution is 2.44. The Morgan fingerprint density at radius 3 is 2.45 bits per heavy atom. The van der Waals surface area contributed by atoms with Crippen LogP contribution in [0, 0.1) is 5.92 Å². The van der Waals surface area contributed by atoms with Gasteiger partial charge < -0.3 is 14.2 Å². The van der Waals surface area contributed by atoms with Crippen LogP contribution >= 0.6 is 0 Å². The van der Waals surface area contributed by atoms with E-state index in [0.717, 1.165) is 19.6 Å². The second-order valence-electron chi connectivity index (χ2n) is 6.97. The summed E-state index contributed by atoms with van der Waals surface area (Å²) in [6, 6.07) is 0. The fraction of sp³-hybridized carbons (Fsp3) is 0.895. The molecule has 0 aliphatic carbocycles. The standard InChI is InChI=1S/C19H34O3/c1-4-5-6-7-8-9-10-11-12-13-17-19(15-22-19)18(20-3)16(2)14-21-17/h12-13,16-18H,4-11,14-15H2,1-3H3/b13-12+/t16-,17-,18-,19+/m0/s1. The van der Waals surface area contributed by atoms with Crippen LogP contribution in [0.5, 0.6) is 0 Å². The molecule has 2 rings (SSSR count). The molecule has 2 heterocycles. The monoisotopic (exact) mass is 310 g/mol. The summed E-state index contributed by atoms with van der Waals surface area (Å²) in [5, 5.41) is 0. The number of epoxide rings is 1. The molecule has 0 radical (unpaired) electrons. The minimum absolute atomic E-state index is 0.0678. The van der Waals surface area contributed by atoms with E-state index in [1.54, 1.807) is 7.11 Å². The molecule has 0 aromatic carbocycles. The van der Waals surface area contributed by atoms with Crippen molar-refractivity contribution in [1.29, 1.82) is 0 Å². The van der Waals surface area contributed by atoms with Gasteiger partial charge in [-0.25, -0.2) is 0 Å². The van der Waals surface area contributed by atoms with Gasteiger partial charge in [-0.1, -0.05) is 64.5 Å². The van der Waals surface area contributed by atoms with Crippen LogP contribution in [-0.2, 0) is 14.2 Å². The van der Waals surface area contributed by atoms with Crippen molar-refractivity contribution >= 4 is 0 Å². The van der Waals surface area contributed by atoms with Gasteiger partial charge in [-0.15, -0.1) is 0 Å². The third-order valence-electron chi connectivity index (χ3n) is 5.04. The molecule has 0 bridgehead atoms. The van der Waals surface area contributed by atoms with Crippen LogP contribution in [0.15, 0.2) is 12.2 Å². The molecule has 1 spiro atoms. The van der Waals surface area contributed by atoms with Gasteiger partial charge in [0, 0.05) is 13.0 Å². The summed E-state index contributed by atoms with van der Waals surface area (Å²) in [5.74, 6) is 0.403. The summed E-state index contributed by atoms with van der Waals surface area (Å²) >= 11 is 0. The van der Waals surface area contributed by atoms with Crippen molar-refractivity contribution in [3.8, 4) is 0 Å². The van der Waals surface area contributed by atoms with Gasteiger partial charge in [-0.05, 0) is 12.8 Å². The molecular formula is C19H34O3. The van der Waals surface area contributed by atoms with E-state index in [0.29, 0.717) is 5.92 Å². The summed E-state index contributed by atoms with van der Waals surface area (Å²) in [5.41, 5.74) is -0.205. The molecule has 0 unspecified atom stereocenters. The van der Waals surface area contributed by atoms with Crippen molar-refractivity contribution in [1.82, 2.24) is 0 Å². The van der Waals surface area contributed by atoms with Crippen LogP contribution in [0.25, 0.3) is 0 Å². The van der Waals surface area contributed by atoms with Crippen LogP contribution in [0.1, 0.15) is 65.2 Å². The average Bonchev–Trinajstić information content (AvgIpc) is 3.29. The fourth-order valence-corrected chi connectivity index (χ4v) is 3.63. The van der Waals surface area contributed by atoms with Gasteiger partial charge in [0.1, 0.15) is 11.7 Å². The first kappa shape index (κ1) is 18.0. The third kappa shape index (κ3) is 4.56. The molecule has 0 N–H and O–H groups in total. The molecule has 0 amide bonds. The molecule has 2 fully saturated rings. The van der Waals surface area contributed by atoms with E-state index in [4.69, 9.17) is 14.2 Å². The lowest BCUT2D eigenvalue weighted by Gasteiger charge is -2.38. The largest absolute Gasteiger partial charge is 0.378 e. The van der Waals surface area contributed by atoms with Crippen LogP contribution in [0.4, 0.5) is 0 Å². The molecule has 0 saturated carbocycles. The average molecular weight is 310 g/mol.